The predicted molar refractivity (Wildman–Crippen MR) is 232 cm³/mol. The Bertz CT molecular complexity index is 3380. The minimum atomic E-state index is -0.506. The largest absolute Gasteiger partial charge is 0.295 e. The van der Waals surface area contributed by atoms with E-state index in [1.54, 1.807) is 0 Å². The number of fused-ring (bicyclic) bond motifs is 15. The summed E-state index contributed by atoms with van der Waals surface area (Å²) in [6, 6.07) is 70.3. The van der Waals surface area contributed by atoms with Crippen LogP contribution in [0.4, 0.5) is 0 Å². The number of benzene rings is 9. The van der Waals surface area contributed by atoms with Crippen LogP contribution < -0.4 is 0 Å². The van der Waals surface area contributed by atoms with Crippen LogP contribution in [0.2, 0.25) is 0 Å². The van der Waals surface area contributed by atoms with Crippen LogP contribution in [0.1, 0.15) is 22.5 Å². The fourth-order valence-corrected chi connectivity index (χ4v) is 10.3. The molecule has 3 heterocycles. The topological polar surface area (TPSA) is 35.6 Å². The fraction of sp³-hybridized carbons (Fsp3) is 0.0189. The second kappa shape index (κ2) is 11.2. The first-order chi connectivity index (χ1) is 28.3. The van der Waals surface area contributed by atoms with E-state index in [0.717, 1.165) is 50.5 Å². The van der Waals surface area contributed by atoms with Crippen LogP contribution >= 0.6 is 0 Å². The summed E-state index contributed by atoms with van der Waals surface area (Å²) in [6.07, 6.45) is 0. The number of para-hydroxylation sites is 3. The van der Waals surface area contributed by atoms with Crippen molar-refractivity contribution in [2.24, 2.45) is 0 Å². The molecule has 0 unspecified atom stereocenters. The van der Waals surface area contributed by atoms with Gasteiger partial charge < -0.3 is 0 Å². The van der Waals surface area contributed by atoms with Crippen LogP contribution in [0.15, 0.2) is 194 Å². The first-order valence-corrected chi connectivity index (χ1v) is 19.6. The van der Waals surface area contributed by atoms with Crippen molar-refractivity contribution in [2.75, 3.05) is 0 Å². The minimum Gasteiger partial charge on any atom is -0.295 e. The molecule has 0 fully saturated rings. The number of nitrogens with zero attached hydrogens (tertiary/aromatic N) is 4. The molecular weight excluding hydrogens is 693 g/mol. The Balaban J connectivity index is 1.09. The summed E-state index contributed by atoms with van der Waals surface area (Å²) < 4.78 is 4.79. The van der Waals surface area contributed by atoms with E-state index >= 15 is 0 Å². The Hall–Kier alpha value is -7.56. The summed E-state index contributed by atoms with van der Waals surface area (Å²) in [7, 11) is 0. The highest BCUT2D eigenvalue weighted by Gasteiger charge is 2.54. The van der Waals surface area contributed by atoms with Gasteiger partial charge >= 0.3 is 0 Å². The molecule has 0 bridgehead atoms. The minimum absolute atomic E-state index is 0.506. The van der Waals surface area contributed by atoms with Gasteiger partial charge in [-0.25, -0.2) is 9.97 Å². The van der Waals surface area contributed by atoms with Gasteiger partial charge in [0.2, 0.25) is 0 Å². The number of hydrogen-bond acceptors (Lipinski definition) is 2. The van der Waals surface area contributed by atoms with E-state index in [-0.39, 0.29) is 0 Å². The van der Waals surface area contributed by atoms with E-state index in [1.165, 1.54) is 60.6 Å². The van der Waals surface area contributed by atoms with Gasteiger partial charge in [0.1, 0.15) is 17.1 Å². The van der Waals surface area contributed by atoms with E-state index in [1.807, 2.05) is 0 Å². The molecular formula is C53H32N4. The summed E-state index contributed by atoms with van der Waals surface area (Å²) in [5.41, 5.74) is 15.8. The summed E-state index contributed by atoms with van der Waals surface area (Å²) in [6.45, 7) is 0. The molecule has 0 radical (unpaired) electrons. The average Bonchev–Trinajstić information content (AvgIpc) is 4.01. The molecule has 4 nitrogen and oxygen atoms in total. The first-order valence-electron chi connectivity index (χ1n) is 19.6. The molecule has 0 saturated carbocycles. The van der Waals surface area contributed by atoms with Gasteiger partial charge in [0.05, 0.1) is 33.4 Å². The average molecular weight is 725 g/mol. The summed E-state index contributed by atoms with van der Waals surface area (Å²) in [5.74, 6) is 1.98. The lowest BCUT2D eigenvalue weighted by Crippen LogP contribution is -2.27. The van der Waals surface area contributed by atoms with Crippen molar-refractivity contribution in [3.05, 3.63) is 217 Å². The van der Waals surface area contributed by atoms with Gasteiger partial charge in [0, 0.05) is 16.3 Å². The maximum atomic E-state index is 5.68. The lowest BCUT2D eigenvalue weighted by atomic mass is 9.73. The van der Waals surface area contributed by atoms with E-state index in [9.17, 15) is 0 Å². The number of hydrogen-bond donors (Lipinski definition) is 0. The number of rotatable bonds is 3. The molecule has 1 spiro atoms. The van der Waals surface area contributed by atoms with Crippen molar-refractivity contribution in [1.82, 2.24) is 19.1 Å². The van der Waals surface area contributed by atoms with Crippen LogP contribution in [0, 0.1) is 0 Å². The van der Waals surface area contributed by atoms with E-state index in [0.29, 0.717) is 0 Å². The van der Waals surface area contributed by atoms with Crippen molar-refractivity contribution < 1.29 is 0 Å². The molecule has 4 heteroatoms. The maximum absolute atomic E-state index is 5.68. The smallest absolute Gasteiger partial charge is 0.145 e. The molecule has 2 aliphatic rings. The van der Waals surface area contributed by atoms with Crippen LogP contribution in [0.25, 0.3) is 88.6 Å². The van der Waals surface area contributed by atoms with Gasteiger partial charge in [0.25, 0.3) is 0 Å². The van der Waals surface area contributed by atoms with E-state index in [4.69, 9.17) is 9.97 Å². The van der Waals surface area contributed by atoms with Crippen molar-refractivity contribution in [2.45, 2.75) is 5.41 Å². The zero-order chi connectivity index (χ0) is 37.2. The molecule has 13 rings (SSSR count). The molecule has 0 amide bonds. The molecule has 2 aromatic heterocycles. The van der Waals surface area contributed by atoms with E-state index in [2.05, 4.69) is 203 Å². The summed E-state index contributed by atoms with van der Waals surface area (Å²) in [5, 5.41) is 4.72. The monoisotopic (exact) mass is 724 g/mol. The molecule has 264 valence electrons. The normalized spacial score (nSPS) is 13.4. The highest BCUT2D eigenvalue weighted by atomic mass is 15.1. The van der Waals surface area contributed by atoms with Crippen molar-refractivity contribution in [1.29, 1.82) is 0 Å². The molecule has 1 aliphatic carbocycles. The third kappa shape index (κ3) is 3.91. The first kappa shape index (κ1) is 30.7. The summed E-state index contributed by atoms with van der Waals surface area (Å²) >= 11 is 0. The Kier molecular flexibility index (Phi) is 6.07. The Morgan fingerprint density at radius 2 is 0.947 bits per heavy atom. The van der Waals surface area contributed by atoms with Gasteiger partial charge in [-0.15, -0.1) is 0 Å². The second-order valence-corrected chi connectivity index (χ2v) is 15.3. The van der Waals surface area contributed by atoms with Crippen LogP contribution in [0.3, 0.4) is 0 Å². The quantitative estimate of drug-likeness (QED) is 0.170. The van der Waals surface area contributed by atoms with Crippen LogP contribution in [-0.2, 0) is 5.41 Å². The number of aromatic nitrogens is 4. The molecule has 1 aliphatic heterocycles. The zero-order valence-electron chi connectivity index (χ0n) is 30.8. The Morgan fingerprint density at radius 1 is 0.386 bits per heavy atom. The molecule has 9 aromatic carbocycles. The third-order valence-corrected chi connectivity index (χ3v) is 12.5. The second-order valence-electron chi connectivity index (χ2n) is 15.3. The fourth-order valence-electron chi connectivity index (χ4n) is 10.3. The molecule has 11 aromatic rings. The lowest BCUT2D eigenvalue weighted by molar-refractivity contribution is 0.738. The Labute approximate surface area is 328 Å². The van der Waals surface area contributed by atoms with Gasteiger partial charge in [0.15, 0.2) is 0 Å². The van der Waals surface area contributed by atoms with Gasteiger partial charge in [-0.1, -0.05) is 164 Å². The molecule has 0 saturated heterocycles. The van der Waals surface area contributed by atoms with Crippen LogP contribution in [0.5, 0.6) is 0 Å². The van der Waals surface area contributed by atoms with E-state index < -0.39 is 5.41 Å². The zero-order valence-corrected chi connectivity index (χ0v) is 30.8. The van der Waals surface area contributed by atoms with Crippen molar-refractivity contribution >= 4 is 43.6 Å². The standard InChI is InChI=1S/C53H32N4/c1-2-16-33(17-3-1)51-54-44-27-13-15-29-47(44)57(51)50-39-22-6-4-20-37(39)49(38-21-5-7-23-40(38)50)34-30-31-48-45(32-34)55-52-53(43-26-12-14-28-46(43)56(48)52)41-24-10-8-18-35(41)36-19-9-11-25-42(36)53/h1-32H. The highest BCUT2D eigenvalue weighted by Crippen LogP contribution is 2.60. The summed E-state index contributed by atoms with van der Waals surface area (Å²) in [4.78, 5) is 10.9. The van der Waals surface area contributed by atoms with Gasteiger partial charge in [-0.3, -0.25) is 9.13 Å². The third-order valence-electron chi connectivity index (χ3n) is 12.5. The highest BCUT2D eigenvalue weighted by molar-refractivity contribution is 6.19. The maximum Gasteiger partial charge on any atom is 0.145 e. The van der Waals surface area contributed by atoms with Gasteiger partial charge in [-0.2, -0.15) is 0 Å². The lowest BCUT2D eigenvalue weighted by Gasteiger charge is -2.27. The van der Waals surface area contributed by atoms with Crippen LogP contribution in [-0.4, -0.2) is 19.1 Å². The number of imidazole rings is 2. The predicted octanol–water partition coefficient (Wildman–Crippen LogP) is 12.7. The van der Waals surface area contributed by atoms with Gasteiger partial charge in [-0.05, 0) is 80.0 Å². The SMILES string of the molecule is c1ccc(-c2nc3ccccc3n2-c2c3ccccc3c(-c3ccc4c(c3)nc3n4-c4ccccc4C34c3ccccc3-c3ccccc34)c3ccccc23)cc1. The Morgan fingerprint density at radius 3 is 1.67 bits per heavy atom. The molecule has 0 N–H and O–H groups in total. The molecule has 0 atom stereocenters. The van der Waals surface area contributed by atoms with Crippen molar-refractivity contribution in [3.63, 3.8) is 0 Å². The van der Waals surface area contributed by atoms with Crippen molar-refractivity contribution in [3.8, 4) is 45.0 Å². The molecule has 57 heavy (non-hydrogen) atoms.